The van der Waals surface area contributed by atoms with Crippen LogP contribution in [0.2, 0.25) is 0 Å². The summed E-state index contributed by atoms with van der Waals surface area (Å²) in [5.74, 6) is -0.160. The molecule has 0 atom stereocenters. The molecule has 0 aliphatic heterocycles. The maximum absolute atomic E-state index is 12.5. The lowest BCUT2D eigenvalue weighted by Gasteiger charge is -2.03. The Labute approximate surface area is 141 Å². The van der Waals surface area contributed by atoms with Crippen LogP contribution in [0, 0.1) is 6.92 Å². The quantitative estimate of drug-likeness (QED) is 0.728. The van der Waals surface area contributed by atoms with E-state index in [2.05, 4.69) is 17.0 Å². The zero-order valence-electron chi connectivity index (χ0n) is 13.6. The van der Waals surface area contributed by atoms with E-state index in [1.807, 2.05) is 61.5 Å². The van der Waals surface area contributed by atoms with E-state index in [0.717, 1.165) is 11.3 Å². The Balaban J connectivity index is 2.07. The Morgan fingerprint density at radius 1 is 1.17 bits per heavy atom. The maximum Gasteiger partial charge on any atom is 0.255 e. The van der Waals surface area contributed by atoms with E-state index in [9.17, 15) is 4.79 Å². The molecule has 4 heteroatoms. The van der Waals surface area contributed by atoms with Crippen molar-refractivity contribution in [3.05, 3.63) is 84.6 Å². The molecule has 0 saturated heterocycles. The highest BCUT2D eigenvalue weighted by Gasteiger charge is 2.18. The molecule has 0 fully saturated rings. The van der Waals surface area contributed by atoms with Gasteiger partial charge in [0.05, 0.1) is 11.3 Å². The number of aromatic nitrogens is 2. The summed E-state index contributed by atoms with van der Waals surface area (Å²) in [6.07, 6.45) is 3.42. The molecule has 4 nitrogen and oxygen atoms in total. The third-order valence-electron chi connectivity index (χ3n) is 3.71. The van der Waals surface area contributed by atoms with Gasteiger partial charge in [-0.1, -0.05) is 54.1 Å². The summed E-state index contributed by atoms with van der Waals surface area (Å²) in [4.78, 5) is 12.5. The van der Waals surface area contributed by atoms with Crippen molar-refractivity contribution in [3.63, 3.8) is 0 Å². The van der Waals surface area contributed by atoms with Crippen molar-refractivity contribution in [2.45, 2.75) is 6.92 Å². The van der Waals surface area contributed by atoms with E-state index in [0.29, 0.717) is 17.8 Å². The van der Waals surface area contributed by atoms with E-state index >= 15 is 0 Å². The number of hydrogen-bond donors (Lipinski definition) is 1. The minimum Gasteiger partial charge on any atom is -0.348 e. The van der Waals surface area contributed by atoms with Gasteiger partial charge in [0, 0.05) is 18.3 Å². The van der Waals surface area contributed by atoms with Gasteiger partial charge in [0.2, 0.25) is 0 Å². The molecule has 0 aliphatic rings. The van der Waals surface area contributed by atoms with Crippen LogP contribution in [0.5, 0.6) is 0 Å². The molecule has 120 valence electrons. The molecule has 0 radical (unpaired) electrons. The lowest BCUT2D eigenvalue weighted by atomic mass is 10.1. The molecule has 24 heavy (non-hydrogen) atoms. The normalized spacial score (nSPS) is 10.4. The van der Waals surface area contributed by atoms with Crippen molar-refractivity contribution in [1.82, 2.24) is 15.1 Å². The zero-order chi connectivity index (χ0) is 16.9. The molecule has 2 aromatic carbocycles. The minimum absolute atomic E-state index is 0.160. The summed E-state index contributed by atoms with van der Waals surface area (Å²) in [6.45, 7) is 6.08. The van der Waals surface area contributed by atoms with Crippen LogP contribution in [-0.2, 0) is 0 Å². The number of amides is 1. The highest BCUT2D eigenvalue weighted by atomic mass is 16.1. The van der Waals surface area contributed by atoms with Gasteiger partial charge in [0.15, 0.2) is 0 Å². The van der Waals surface area contributed by atoms with Crippen molar-refractivity contribution in [3.8, 4) is 16.9 Å². The van der Waals surface area contributed by atoms with Crippen LogP contribution in [0.4, 0.5) is 0 Å². The molecule has 1 heterocycles. The molecule has 1 amide bonds. The molecule has 0 aliphatic carbocycles. The number of hydrogen-bond acceptors (Lipinski definition) is 2. The van der Waals surface area contributed by atoms with Crippen molar-refractivity contribution in [2.75, 3.05) is 6.54 Å². The van der Waals surface area contributed by atoms with Crippen molar-refractivity contribution >= 4 is 5.91 Å². The summed E-state index contributed by atoms with van der Waals surface area (Å²) >= 11 is 0. The molecule has 3 aromatic rings. The fourth-order valence-electron chi connectivity index (χ4n) is 2.44. The van der Waals surface area contributed by atoms with Gasteiger partial charge in [0.1, 0.15) is 5.69 Å². The summed E-state index contributed by atoms with van der Waals surface area (Å²) in [6, 6.07) is 17.7. The average molecular weight is 317 g/mol. The first kappa shape index (κ1) is 15.7. The van der Waals surface area contributed by atoms with Gasteiger partial charge in [-0.05, 0) is 19.1 Å². The van der Waals surface area contributed by atoms with Gasteiger partial charge < -0.3 is 5.32 Å². The largest absolute Gasteiger partial charge is 0.348 e. The van der Waals surface area contributed by atoms with Crippen LogP contribution in [-0.4, -0.2) is 22.2 Å². The van der Waals surface area contributed by atoms with E-state index in [1.165, 1.54) is 5.56 Å². The third kappa shape index (κ3) is 3.27. The van der Waals surface area contributed by atoms with E-state index < -0.39 is 0 Å². The third-order valence-corrected chi connectivity index (χ3v) is 3.71. The lowest BCUT2D eigenvalue weighted by Crippen LogP contribution is -2.23. The summed E-state index contributed by atoms with van der Waals surface area (Å²) in [5.41, 5.74) is 4.21. The Kier molecular flexibility index (Phi) is 4.57. The number of aryl methyl sites for hydroxylation is 1. The number of rotatable bonds is 5. The van der Waals surface area contributed by atoms with Crippen LogP contribution in [0.1, 0.15) is 15.9 Å². The molecule has 1 N–H and O–H groups in total. The fraction of sp³-hybridized carbons (Fsp3) is 0.100. The smallest absolute Gasteiger partial charge is 0.255 e. The Hall–Kier alpha value is -3.14. The van der Waals surface area contributed by atoms with Gasteiger partial charge in [-0.15, -0.1) is 6.58 Å². The molecular formula is C20H19N3O. The molecule has 0 bridgehead atoms. The van der Waals surface area contributed by atoms with Crippen molar-refractivity contribution in [2.24, 2.45) is 0 Å². The molecule has 0 unspecified atom stereocenters. The standard InChI is InChI=1S/C20H19N3O/c1-3-13-21-20(24)18-14-23(17-7-5-4-6-8-17)22-19(18)16-11-9-15(2)10-12-16/h3-12,14H,1,13H2,2H3,(H,21,24). The van der Waals surface area contributed by atoms with E-state index in [-0.39, 0.29) is 5.91 Å². The number of nitrogens with one attached hydrogen (secondary N) is 1. The van der Waals surface area contributed by atoms with E-state index in [4.69, 9.17) is 0 Å². The zero-order valence-corrected chi connectivity index (χ0v) is 13.6. The highest BCUT2D eigenvalue weighted by Crippen LogP contribution is 2.24. The average Bonchev–Trinajstić information content (AvgIpc) is 3.06. The number of carbonyl (C=O) groups excluding carboxylic acids is 1. The molecule has 0 spiro atoms. The Morgan fingerprint density at radius 2 is 1.88 bits per heavy atom. The van der Waals surface area contributed by atoms with Crippen LogP contribution >= 0.6 is 0 Å². The molecule has 0 saturated carbocycles. The second kappa shape index (κ2) is 6.96. The van der Waals surface area contributed by atoms with Gasteiger partial charge >= 0.3 is 0 Å². The number of para-hydroxylation sites is 1. The lowest BCUT2D eigenvalue weighted by molar-refractivity contribution is 0.0958. The second-order valence-corrected chi connectivity index (χ2v) is 5.54. The van der Waals surface area contributed by atoms with Crippen LogP contribution in [0.15, 0.2) is 73.4 Å². The van der Waals surface area contributed by atoms with Crippen LogP contribution in [0.3, 0.4) is 0 Å². The van der Waals surface area contributed by atoms with Gasteiger partial charge in [-0.3, -0.25) is 4.79 Å². The molecule has 1 aromatic heterocycles. The second-order valence-electron chi connectivity index (χ2n) is 5.54. The Bertz CT molecular complexity index is 848. The van der Waals surface area contributed by atoms with Gasteiger partial charge in [-0.2, -0.15) is 5.10 Å². The van der Waals surface area contributed by atoms with Crippen LogP contribution in [0.25, 0.3) is 16.9 Å². The monoisotopic (exact) mass is 317 g/mol. The predicted molar refractivity (Wildman–Crippen MR) is 96.3 cm³/mol. The predicted octanol–water partition coefficient (Wildman–Crippen LogP) is 3.76. The fourth-order valence-corrected chi connectivity index (χ4v) is 2.44. The maximum atomic E-state index is 12.5. The summed E-state index contributed by atoms with van der Waals surface area (Å²) < 4.78 is 1.73. The minimum atomic E-state index is -0.160. The first-order valence-corrected chi connectivity index (χ1v) is 7.80. The van der Waals surface area contributed by atoms with E-state index in [1.54, 1.807) is 17.0 Å². The molecular weight excluding hydrogens is 298 g/mol. The van der Waals surface area contributed by atoms with Gasteiger partial charge in [-0.25, -0.2) is 4.68 Å². The summed E-state index contributed by atoms with van der Waals surface area (Å²) in [5, 5.41) is 7.46. The topological polar surface area (TPSA) is 46.9 Å². The number of benzene rings is 2. The van der Waals surface area contributed by atoms with Crippen molar-refractivity contribution in [1.29, 1.82) is 0 Å². The summed E-state index contributed by atoms with van der Waals surface area (Å²) in [7, 11) is 0. The molecule has 3 rings (SSSR count). The SMILES string of the molecule is C=CCNC(=O)c1cn(-c2ccccc2)nc1-c1ccc(C)cc1. The highest BCUT2D eigenvalue weighted by molar-refractivity contribution is 6.00. The first-order valence-electron chi connectivity index (χ1n) is 7.80. The van der Waals surface area contributed by atoms with Crippen molar-refractivity contribution < 1.29 is 4.79 Å². The van der Waals surface area contributed by atoms with Gasteiger partial charge in [0.25, 0.3) is 5.91 Å². The number of carbonyl (C=O) groups is 1. The van der Waals surface area contributed by atoms with Crippen LogP contribution < -0.4 is 5.32 Å². The Morgan fingerprint density at radius 3 is 2.54 bits per heavy atom. The first-order chi connectivity index (χ1) is 11.7. The number of nitrogens with zero attached hydrogens (tertiary/aromatic N) is 2.